The Morgan fingerprint density at radius 1 is 1.00 bits per heavy atom. The molecule has 2 saturated heterocycles. The number of morpholine rings is 1. The highest BCUT2D eigenvalue weighted by atomic mass is 32.2. The van der Waals surface area contributed by atoms with Gasteiger partial charge in [-0.25, -0.2) is 15.0 Å². The van der Waals surface area contributed by atoms with Gasteiger partial charge in [-0.15, -0.1) is 4.31 Å². The Balaban J connectivity index is 1.31. The molecule has 0 bridgehead atoms. The highest BCUT2D eigenvalue weighted by molar-refractivity contribution is 7.89. The second kappa shape index (κ2) is 11.6. The summed E-state index contributed by atoms with van der Waals surface area (Å²) in [7, 11) is 0. The molecule has 1 aromatic carbocycles. The standard InChI is InChI=1S/C26H33N9O3S/c27-25-28-17-19(18-29-25)23-22-4-5-35(24(22)31-26(30-23)33-11-14-38-15-12-33)20-2-1-3-21(16-20)39(37)34-8-6-32(7-9-34)10-13-36/h1-3,16-18,36H,4-15H2,(H2,27,28,29). The molecule has 0 saturated carbocycles. The molecule has 3 aliphatic heterocycles. The fourth-order valence-corrected chi connectivity index (χ4v) is 6.48. The van der Waals surface area contributed by atoms with E-state index in [1.807, 2.05) is 28.6 Å². The summed E-state index contributed by atoms with van der Waals surface area (Å²) in [6.07, 6.45) is 4.18. The van der Waals surface area contributed by atoms with Gasteiger partial charge in [-0.1, -0.05) is 6.07 Å². The number of hydrogen-bond acceptors (Lipinski definition) is 12. The molecular formula is C26H33N9O3S. The molecule has 0 amide bonds. The maximum atomic E-state index is 13.5. The molecule has 2 fully saturated rings. The van der Waals surface area contributed by atoms with E-state index >= 15 is 0 Å². The minimum absolute atomic E-state index is 0.145. The van der Waals surface area contributed by atoms with Crippen molar-refractivity contribution in [3.8, 4) is 11.3 Å². The van der Waals surface area contributed by atoms with Crippen LogP contribution in [-0.4, -0.2) is 111 Å². The van der Waals surface area contributed by atoms with Gasteiger partial charge in [-0.05, 0) is 18.6 Å². The molecule has 13 heteroatoms. The average Bonchev–Trinajstić information content (AvgIpc) is 3.42. The molecule has 5 heterocycles. The van der Waals surface area contributed by atoms with E-state index in [-0.39, 0.29) is 12.6 Å². The third-order valence-electron chi connectivity index (χ3n) is 7.37. The van der Waals surface area contributed by atoms with Crippen LogP contribution in [0.4, 0.5) is 23.4 Å². The fraction of sp³-hybridized carbons (Fsp3) is 0.462. The summed E-state index contributed by atoms with van der Waals surface area (Å²) in [5.41, 5.74) is 9.34. The number of aliphatic hydroxyl groups is 1. The molecule has 3 aromatic rings. The highest BCUT2D eigenvalue weighted by Crippen LogP contribution is 2.39. The van der Waals surface area contributed by atoms with Crippen LogP contribution in [0.15, 0.2) is 41.6 Å². The van der Waals surface area contributed by atoms with Crippen molar-refractivity contribution in [3.63, 3.8) is 0 Å². The number of β-amino-alcohol motifs (C(OH)–C–C–N with tert-alkyl or cyclic N) is 1. The van der Waals surface area contributed by atoms with E-state index in [9.17, 15) is 9.66 Å². The topological polar surface area (TPSA) is 143 Å². The van der Waals surface area contributed by atoms with Gasteiger partial charge in [-0.3, -0.25) is 4.90 Å². The molecule has 0 radical (unpaired) electrons. The molecule has 39 heavy (non-hydrogen) atoms. The van der Waals surface area contributed by atoms with Crippen LogP contribution in [0.1, 0.15) is 5.56 Å². The second-order valence-corrected chi connectivity index (χ2v) is 11.2. The molecule has 206 valence electrons. The predicted molar refractivity (Wildman–Crippen MR) is 149 cm³/mol. The van der Waals surface area contributed by atoms with Gasteiger partial charge in [-0.2, -0.15) is 4.98 Å². The van der Waals surface area contributed by atoms with Crippen LogP contribution in [0.25, 0.3) is 11.3 Å². The van der Waals surface area contributed by atoms with Gasteiger partial charge in [0.2, 0.25) is 11.9 Å². The van der Waals surface area contributed by atoms with Gasteiger partial charge in [0.1, 0.15) is 5.82 Å². The zero-order valence-corrected chi connectivity index (χ0v) is 22.6. The Morgan fingerprint density at radius 3 is 2.51 bits per heavy atom. The fourth-order valence-electron chi connectivity index (χ4n) is 5.27. The van der Waals surface area contributed by atoms with Crippen LogP contribution < -0.4 is 15.5 Å². The lowest BCUT2D eigenvalue weighted by Crippen LogP contribution is -2.49. The number of nitrogens with two attached hydrogens (primary N) is 1. The van der Waals surface area contributed by atoms with Crippen LogP contribution in [0.2, 0.25) is 0 Å². The summed E-state index contributed by atoms with van der Waals surface area (Å²) >= 11 is -1.27. The lowest BCUT2D eigenvalue weighted by Gasteiger charge is -2.33. The van der Waals surface area contributed by atoms with Crippen molar-refractivity contribution in [3.05, 3.63) is 42.2 Å². The maximum absolute atomic E-state index is 13.5. The molecule has 3 N–H and O–H groups in total. The molecule has 6 rings (SSSR count). The number of piperazine rings is 1. The molecule has 1 unspecified atom stereocenters. The zero-order valence-electron chi connectivity index (χ0n) is 21.8. The molecular weight excluding hydrogens is 518 g/mol. The maximum Gasteiger partial charge on any atom is 0.228 e. The Kier molecular flexibility index (Phi) is 7.77. The number of aromatic nitrogens is 4. The van der Waals surface area contributed by atoms with E-state index in [0.29, 0.717) is 38.8 Å². The van der Waals surface area contributed by atoms with Crippen LogP contribution in [0.3, 0.4) is 0 Å². The van der Waals surface area contributed by atoms with E-state index in [4.69, 9.17) is 20.4 Å². The number of rotatable bonds is 7. The first-order valence-electron chi connectivity index (χ1n) is 13.3. The Hall–Kier alpha value is -3.07. The first-order valence-corrected chi connectivity index (χ1v) is 14.4. The monoisotopic (exact) mass is 551 g/mol. The summed E-state index contributed by atoms with van der Waals surface area (Å²) in [6, 6.07) is 7.93. The van der Waals surface area contributed by atoms with E-state index in [2.05, 4.69) is 24.7 Å². The number of ether oxygens (including phenoxy) is 1. The van der Waals surface area contributed by atoms with E-state index in [1.165, 1.54) is 0 Å². The van der Waals surface area contributed by atoms with E-state index < -0.39 is 11.4 Å². The number of aliphatic hydroxyl groups excluding tert-OH is 1. The number of fused-ring (bicyclic) bond motifs is 1. The van der Waals surface area contributed by atoms with Crippen molar-refractivity contribution in [2.75, 3.05) is 87.7 Å². The van der Waals surface area contributed by atoms with Gasteiger partial charge in [0.25, 0.3) is 0 Å². The second-order valence-electron chi connectivity index (χ2n) is 9.75. The molecule has 0 aliphatic carbocycles. The number of nitrogen functional groups attached to an aromatic ring is 1. The summed E-state index contributed by atoms with van der Waals surface area (Å²) in [5.74, 6) is 1.72. The first-order chi connectivity index (χ1) is 19.1. The SMILES string of the molecule is Nc1ncc(-c2nc(N3CCOCC3)nc3c2CCN3c2cccc([S+]([O-])N3CCN(CCO)CC3)c2)cn1. The van der Waals surface area contributed by atoms with Gasteiger partial charge in [0.05, 0.1) is 50.0 Å². The molecule has 1 atom stereocenters. The minimum atomic E-state index is -1.27. The predicted octanol–water partition coefficient (Wildman–Crippen LogP) is 0.679. The van der Waals surface area contributed by atoms with Crippen molar-refractivity contribution in [2.24, 2.45) is 0 Å². The summed E-state index contributed by atoms with van der Waals surface area (Å²) < 4.78 is 21.0. The molecule has 12 nitrogen and oxygen atoms in total. The van der Waals surface area contributed by atoms with Crippen molar-refractivity contribution >= 4 is 34.8 Å². The van der Waals surface area contributed by atoms with Gasteiger partial charge >= 0.3 is 0 Å². The van der Waals surface area contributed by atoms with Crippen LogP contribution in [0, 0.1) is 0 Å². The van der Waals surface area contributed by atoms with Gasteiger partial charge in [0.15, 0.2) is 4.90 Å². The van der Waals surface area contributed by atoms with Crippen molar-refractivity contribution < 1.29 is 14.4 Å². The quantitative estimate of drug-likeness (QED) is 0.399. The van der Waals surface area contributed by atoms with Crippen molar-refractivity contribution in [2.45, 2.75) is 11.3 Å². The van der Waals surface area contributed by atoms with Gasteiger partial charge < -0.3 is 29.9 Å². The zero-order chi connectivity index (χ0) is 26.8. The third-order valence-corrected chi connectivity index (χ3v) is 8.86. The number of hydrogen-bond donors (Lipinski definition) is 2. The lowest BCUT2D eigenvalue weighted by atomic mass is 10.1. The number of benzene rings is 1. The van der Waals surface area contributed by atoms with Crippen molar-refractivity contribution in [1.82, 2.24) is 29.1 Å². The lowest BCUT2D eigenvalue weighted by molar-refractivity contribution is 0.122. The van der Waals surface area contributed by atoms with Crippen LogP contribution in [-0.2, 0) is 22.5 Å². The third kappa shape index (κ3) is 5.51. The Bertz CT molecular complexity index is 1280. The number of anilines is 4. The molecule has 2 aromatic heterocycles. The summed E-state index contributed by atoms with van der Waals surface area (Å²) in [6.45, 7) is 7.23. The van der Waals surface area contributed by atoms with E-state index in [0.717, 1.165) is 72.4 Å². The smallest absolute Gasteiger partial charge is 0.228 e. The largest absolute Gasteiger partial charge is 0.593 e. The molecule has 0 spiro atoms. The number of nitrogens with zero attached hydrogens (tertiary/aromatic N) is 8. The molecule has 3 aliphatic rings. The van der Waals surface area contributed by atoms with Crippen LogP contribution in [0.5, 0.6) is 0 Å². The summed E-state index contributed by atoms with van der Waals surface area (Å²) in [4.78, 5) is 25.7. The first kappa shape index (κ1) is 26.2. The Labute approximate surface area is 230 Å². The Morgan fingerprint density at radius 2 is 1.77 bits per heavy atom. The summed E-state index contributed by atoms with van der Waals surface area (Å²) in [5, 5.41) is 9.21. The van der Waals surface area contributed by atoms with Crippen molar-refractivity contribution in [1.29, 1.82) is 0 Å². The van der Waals surface area contributed by atoms with E-state index in [1.54, 1.807) is 12.4 Å². The van der Waals surface area contributed by atoms with Gasteiger partial charge in [0, 0.05) is 74.5 Å². The minimum Gasteiger partial charge on any atom is -0.593 e. The van der Waals surface area contributed by atoms with Crippen LogP contribution >= 0.6 is 0 Å². The normalized spacial score (nSPS) is 19.3. The average molecular weight is 552 g/mol. The highest BCUT2D eigenvalue weighted by Gasteiger charge is 2.31.